The lowest BCUT2D eigenvalue weighted by molar-refractivity contribution is 0.0647. The number of hydrogen-bond donors (Lipinski definition) is 0. The van der Waals surface area contributed by atoms with Crippen LogP contribution in [0.15, 0.2) is 41.3 Å². The van der Waals surface area contributed by atoms with E-state index >= 15 is 0 Å². The fourth-order valence-electron chi connectivity index (χ4n) is 3.02. The molecule has 7 nitrogen and oxygen atoms in total. The summed E-state index contributed by atoms with van der Waals surface area (Å²) in [5.74, 6) is -0.540. The molecule has 3 rings (SSSR count). The Morgan fingerprint density at radius 2 is 1.54 bits per heavy atom. The quantitative estimate of drug-likeness (QED) is 0.401. The van der Waals surface area contributed by atoms with Crippen molar-refractivity contribution in [2.24, 2.45) is 0 Å². The summed E-state index contributed by atoms with van der Waals surface area (Å²) in [6.45, 7) is 3.57. The van der Waals surface area contributed by atoms with Crippen LogP contribution in [0.5, 0.6) is 5.75 Å². The van der Waals surface area contributed by atoms with Crippen LogP contribution in [0.1, 0.15) is 38.3 Å². The average Bonchev–Trinajstić information content (AvgIpc) is 2.91. The van der Waals surface area contributed by atoms with Gasteiger partial charge in [-0.2, -0.15) is 8.42 Å². The van der Waals surface area contributed by atoms with Gasteiger partial charge in [0, 0.05) is 6.54 Å². The number of imide groups is 1. The molecule has 0 bridgehead atoms. The number of fused-ring (bicyclic) bond motifs is 1. The summed E-state index contributed by atoms with van der Waals surface area (Å²) in [5.41, 5.74) is 2.43. The summed E-state index contributed by atoms with van der Waals surface area (Å²) < 4.78 is 35.3. The molecule has 148 valence electrons. The number of benzene rings is 2. The molecule has 0 saturated heterocycles. The molecule has 0 unspecified atom stereocenters. The Bertz CT molecular complexity index is 1010. The van der Waals surface area contributed by atoms with Gasteiger partial charge in [0.05, 0.1) is 24.8 Å². The van der Waals surface area contributed by atoms with Crippen LogP contribution < -0.4 is 4.74 Å². The van der Waals surface area contributed by atoms with Crippen LogP contribution in [0, 0.1) is 13.8 Å². The zero-order chi connectivity index (χ0) is 20.5. The summed E-state index contributed by atoms with van der Waals surface area (Å²) in [5, 5.41) is 0. The molecule has 0 atom stereocenters. The molecule has 0 N–H and O–H groups in total. The van der Waals surface area contributed by atoms with Crippen LogP contribution in [0.4, 0.5) is 0 Å². The van der Waals surface area contributed by atoms with E-state index in [0.717, 1.165) is 16.0 Å². The van der Waals surface area contributed by atoms with Gasteiger partial charge in [-0.1, -0.05) is 12.1 Å². The molecule has 0 fully saturated rings. The van der Waals surface area contributed by atoms with Crippen molar-refractivity contribution in [2.45, 2.75) is 25.2 Å². The minimum Gasteiger partial charge on any atom is -0.495 e. The van der Waals surface area contributed by atoms with E-state index in [1.54, 1.807) is 37.3 Å². The van der Waals surface area contributed by atoms with E-state index in [1.807, 2.05) is 6.92 Å². The first kappa shape index (κ1) is 20.0. The Kier molecular flexibility index (Phi) is 5.53. The number of nitrogens with zero attached hydrogens (tertiary/aromatic N) is 1. The maximum absolute atomic E-state index is 12.5. The number of amides is 2. The molecule has 2 aromatic carbocycles. The molecule has 1 heterocycles. The van der Waals surface area contributed by atoms with E-state index in [2.05, 4.69) is 0 Å². The second kappa shape index (κ2) is 7.73. The SMILES string of the molecule is COc1cc(C)c(C)cc1S(=O)(=O)OCCCN1C(=O)c2ccccc2C1=O. The van der Waals surface area contributed by atoms with Gasteiger partial charge in [0.1, 0.15) is 10.6 Å². The van der Waals surface area contributed by atoms with Crippen molar-refractivity contribution in [1.29, 1.82) is 0 Å². The highest BCUT2D eigenvalue weighted by Crippen LogP contribution is 2.29. The van der Waals surface area contributed by atoms with Crippen molar-refractivity contribution in [2.75, 3.05) is 20.3 Å². The predicted octanol–water partition coefficient (Wildman–Crippen LogP) is 2.70. The van der Waals surface area contributed by atoms with Gasteiger partial charge < -0.3 is 4.74 Å². The molecular formula is C20H21NO6S. The van der Waals surface area contributed by atoms with Crippen LogP contribution in [0.3, 0.4) is 0 Å². The van der Waals surface area contributed by atoms with Gasteiger partial charge >= 0.3 is 10.1 Å². The molecule has 2 aromatic rings. The first-order valence-electron chi connectivity index (χ1n) is 8.76. The van der Waals surface area contributed by atoms with Crippen molar-refractivity contribution >= 4 is 21.9 Å². The molecule has 0 aromatic heterocycles. The van der Waals surface area contributed by atoms with Gasteiger partial charge in [0.15, 0.2) is 0 Å². The Morgan fingerprint density at radius 1 is 0.964 bits per heavy atom. The van der Waals surface area contributed by atoms with Crippen LogP contribution in [-0.4, -0.2) is 45.4 Å². The molecular weight excluding hydrogens is 382 g/mol. The van der Waals surface area contributed by atoms with Gasteiger partial charge in [-0.15, -0.1) is 0 Å². The fraction of sp³-hybridized carbons (Fsp3) is 0.300. The Balaban J connectivity index is 1.64. The van der Waals surface area contributed by atoms with Gasteiger partial charge in [-0.05, 0) is 55.7 Å². The molecule has 0 spiro atoms. The van der Waals surface area contributed by atoms with Gasteiger partial charge in [0.2, 0.25) is 0 Å². The van der Waals surface area contributed by atoms with Crippen molar-refractivity contribution in [1.82, 2.24) is 4.90 Å². The maximum Gasteiger partial charge on any atom is 0.300 e. The van der Waals surface area contributed by atoms with Crippen LogP contribution >= 0.6 is 0 Å². The van der Waals surface area contributed by atoms with Crippen molar-refractivity contribution < 1.29 is 26.9 Å². The van der Waals surface area contributed by atoms with E-state index in [-0.39, 0.29) is 42.0 Å². The highest BCUT2D eigenvalue weighted by atomic mass is 32.2. The van der Waals surface area contributed by atoms with E-state index in [1.165, 1.54) is 13.2 Å². The second-order valence-electron chi connectivity index (χ2n) is 6.52. The lowest BCUT2D eigenvalue weighted by atomic mass is 10.1. The third-order valence-corrected chi connectivity index (χ3v) is 6.03. The summed E-state index contributed by atoms with van der Waals surface area (Å²) in [4.78, 5) is 25.7. The number of carbonyl (C=O) groups excluding carboxylic acids is 2. The molecule has 2 amide bonds. The topological polar surface area (TPSA) is 90.0 Å². The van der Waals surface area contributed by atoms with Gasteiger partial charge in [0.25, 0.3) is 11.8 Å². The standard InChI is InChI=1S/C20H21NO6S/c1-13-11-17(26-3)18(12-14(13)2)28(24,25)27-10-6-9-21-19(22)15-7-4-5-8-16(15)20(21)23/h4-5,7-8,11-12H,6,9-10H2,1-3H3. The van der Waals surface area contributed by atoms with E-state index in [9.17, 15) is 18.0 Å². The zero-order valence-electron chi connectivity index (χ0n) is 15.9. The summed E-state index contributed by atoms with van der Waals surface area (Å²) >= 11 is 0. The van der Waals surface area contributed by atoms with Crippen LogP contribution in [0.25, 0.3) is 0 Å². The van der Waals surface area contributed by atoms with E-state index in [0.29, 0.717) is 11.1 Å². The smallest absolute Gasteiger partial charge is 0.300 e. The number of aryl methyl sites for hydroxylation is 2. The summed E-state index contributed by atoms with van der Waals surface area (Å²) in [6.07, 6.45) is 0.192. The molecule has 1 aliphatic heterocycles. The van der Waals surface area contributed by atoms with E-state index in [4.69, 9.17) is 8.92 Å². The first-order chi connectivity index (χ1) is 13.3. The second-order valence-corrected chi connectivity index (χ2v) is 8.11. The maximum atomic E-state index is 12.5. The fourth-order valence-corrected chi connectivity index (χ4v) is 4.19. The van der Waals surface area contributed by atoms with Gasteiger partial charge in [-0.25, -0.2) is 0 Å². The molecule has 28 heavy (non-hydrogen) atoms. The van der Waals surface area contributed by atoms with Crippen molar-refractivity contribution in [3.05, 3.63) is 58.7 Å². The summed E-state index contributed by atoms with van der Waals surface area (Å²) in [7, 11) is -2.64. The highest BCUT2D eigenvalue weighted by molar-refractivity contribution is 7.86. The van der Waals surface area contributed by atoms with E-state index < -0.39 is 10.1 Å². The average molecular weight is 403 g/mol. The lowest BCUT2D eigenvalue weighted by Gasteiger charge is -2.15. The van der Waals surface area contributed by atoms with Crippen molar-refractivity contribution in [3.8, 4) is 5.75 Å². The number of methoxy groups -OCH3 is 1. The third-order valence-electron chi connectivity index (χ3n) is 4.69. The monoisotopic (exact) mass is 403 g/mol. The molecule has 8 heteroatoms. The Labute approximate surface area is 164 Å². The highest BCUT2D eigenvalue weighted by Gasteiger charge is 2.34. The third kappa shape index (κ3) is 3.65. The molecule has 0 aliphatic carbocycles. The minimum atomic E-state index is -4.03. The number of rotatable bonds is 7. The molecule has 0 radical (unpaired) electrons. The first-order valence-corrected chi connectivity index (χ1v) is 10.2. The predicted molar refractivity (Wildman–Crippen MR) is 102 cm³/mol. The van der Waals surface area contributed by atoms with Crippen LogP contribution in [0.2, 0.25) is 0 Å². The number of carbonyl (C=O) groups is 2. The Hall–Kier alpha value is -2.71. The molecule has 0 saturated carbocycles. The minimum absolute atomic E-state index is 0.0427. The Morgan fingerprint density at radius 3 is 2.11 bits per heavy atom. The number of hydrogen-bond acceptors (Lipinski definition) is 6. The normalized spacial score (nSPS) is 13.8. The molecule has 1 aliphatic rings. The van der Waals surface area contributed by atoms with Crippen molar-refractivity contribution in [3.63, 3.8) is 0 Å². The van der Waals surface area contributed by atoms with Gasteiger partial charge in [-0.3, -0.25) is 18.7 Å². The summed E-state index contributed by atoms with van der Waals surface area (Å²) in [6, 6.07) is 9.74. The van der Waals surface area contributed by atoms with Crippen LogP contribution in [-0.2, 0) is 14.3 Å². The largest absolute Gasteiger partial charge is 0.495 e. The lowest BCUT2D eigenvalue weighted by Crippen LogP contribution is -2.31. The zero-order valence-corrected chi connectivity index (χ0v) is 16.7. The number of ether oxygens (including phenoxy) is 1.